The number of aromatic hydroxyl groups is 2. The van der Waals surface area contributed by atoms with Gasteiger partial charge in [-0.1, -0.05) is 56.3 Å². The predicted molar refractivity (Wildman–Crippen MR) is 243 cm³/mol. The first kappa shape index (κ1) is 42.8. The maximum Gasteiger partial charge on any atom is 0.416 e. The maximum atomic E-state index is 13.5. The molecular formula is C49H42F3N7O5S. The van der Waals surface area contributed by atoms with Crippen LogP contribution in [0.15, 0.2) is 121 Å². The highest BCUT2D eigenvalue weighted by molar-refractivity contribution is 7.80. The lowest BCUT2D eigenvalue weighted by atomic mass is 9.77. The van der Waals surface area contributed by atoms with Crippen LogP contribution < -0.4 is 20.7 Å². The number of carbonyl (C=O) groups is 1. The molecule has 0 aliphatic carbocycles. The predicted octanol–water partition coefficient (Wildman–Crippen LogP) is 10.2. The van der Waals surface area contributed by atoms with Crippen molar-refractivity contribution in [3.05, 3.63) is 166 Å². The molecule has 7 aromatic rings. The van der Waals surface area contributed by atoms with Crippen LogP contribution in [-0.4, -0.2) is 47.8 Å². The van der Waals surface area contributed by atoms with E-state index >= 15 is 0 Å². The monoisotopic (exact) mass is 897 g/mol. The summed E-state index contributed by atoms with van der Waals surface area (Å²) in [4.78, 5) is 18.4. The van der Waals surface area contributed by atoms with Gasteiger partial charge in [-0.05, 0) is 109 Å². The van der Waals surface area contributed by atoms with Gasteiger partial charge >= 0.3 is 12.1 Å². The van der Waals surface area contributed by atoms with Crippen LogP contribution in [0.4, 0.5) is 24.5 Å². The lowest BCUT2D eigenvalue weighted by Crippen LogP contribution is -2.33. The first-order valence-corrected chi connectivity index (χ1v) is 21.3. The molecule has 1 spiro atoms. The first-order chi connectivity index (χ1) is 31.1. The Morgan fingerprint density at radius 3 is 2.29 bits per heavy atom. The third-order valence-electron chi connectivity index (χ3n) is 11.4. The summed E-state index contributed by atoms with van der Waals surface area (Å²) in [5.74, 6) is 0.287. The number of fused-ring (bicyclic) bond motifs is 6. The van der Waals surface area contributed by atoms with E-state index in [1.807, 2.05) is 30.3 Å². The van der Waals surface area contributed by atoms with Crippen molar-refractivity contribution in [3.63, 3.8) is 0 Å². The van der Waals surface area contributed by atoms with Crippen LogP contribution >= 0.6 is 12.2 Å². The van der Waals surface area contributed by atoms with Crippen molar-refractivity contribution in [3.8, 4) is 39.9 Å². The van der Waals surface area contributed by atoms with Gasteiger partial charge in [-0.25, -0.2) is 9.48 Å². The number of hydrogen-bond donors (Lipinski definition) is 5. The SMILES string of the molecule is CC(CNc1cccc(-n2cc(CNC(=S)Nc3ccc4c(c3)C(=O)OC43c4ccc(O)cc4Oc4cc(O)ccc43)nn2)c1)Cc1nc(-c2cccc(C(F)(F)F)c2)ccc1C(C)C. The molecule has 2 aliphatic heterocycles. The highest BCUT2D eigenvalue weighted by Gasteiger charge is 2.53. The molecule has 1 unspecified atom stereocenters. The number of thiocarbonyl (C=S) groups is 1. The van der Waals surface area contributed by atoms with Gasteiger partial charge < -0.3 is 35.6 Å². The number of phenols is 2. The van der Waals surface area contributed by atoms with Crippen molar-refractivity contribution in [2.45, 2.75) is 51.4 Å². The van der Waals surface area contributed by atoms with E-state index in [2.05, 4.69) is 47.0 Å². The van der Waals surface area contributed by atoms with Crippen LogP contribution in [0.1, 0.15) is 76.3 Å². The molecule has 1 atom stereocenters. The second-order valence-corrected chi connectivity index (χ2v) is 16.9. The molecule has 16 heteroatoms. The fourth-order valence-corrected chi connectivity index (χ4v) is 8.49. The number of halogens is 3. The number of carbonyl (C=O) groups excluding carboxylic acids is 1. The average molecular weight is 898 g/mol. The van der Waals surface area contributed by atoms with Crippen LogP contribution in [0.3, 0.4) is 0 Å². The Hall–Kier alpha value is -7.46. The quantitative estimate of drug-likeness (QED) is 0.0620. The minimum absolute atomic E-state index is 0.0293. The zero-order valence-electron chi connectivity index (χ0n) is 35.3. The largest absolute Gasteiger partial charge is 0.508 e. The zero-order valence-corrected chi connectivity index (χ0v) is 36.1. The molecule has 65 heavy (non-hydrogen) atoms. The molecule has 2 aliphatic rings. The number of nitrogens with one attached hydrogen (secondary N) is 3. The molecule has 2 aromatic heterocycles. The van der Waals surface area contributed by atoms with Crippen molar-refractivity contribution in [2.75, 3.05) is 17.2 Å². The fraction of sp³-hybridized carbons (Fsp3) is 0.204. The van der Waals surface area contributed by atoms with Crippen molar-refractivity contribution in [1.82, 2.24) is 25.3 Å². The minimum Gasteiger partial charge on any atom is -0.508 e. The molecule has 12 nitrogen and oxygen atoms in total. The van der Waals surface area contributed by atoms with Crippen LogP contribution in [0.25, 0.3) is 16.9 Å². The normalized spacial score (nSPS) is 13.9. The Labute approximate surface area is 377 Å². The van der Waals surface area contributed by atoms with Gasteiger partial charge in [0.1, 0.15) is 28.7 Å². The molecule has 330 valence electrons. The van der Waals surface area contributed by atoms with E-state index in [-0.39, 0.29) is 35.0 Å². The summed E-state index contributed by atoms with van der Waals surface area (Å²) < 4.78 is 54.2. The zero-order chi connectivity index (χ0) is 45.6. The smallest absolute Gasteiger partial charge is 0.416 e. The topological polar surface area (TPSA) is 156 Å². The summed E-state index contributed by atoms with van der Waals surface area (Å²) in [5, 5.41) is 39.1. The average Bonchev–Trinajstić information content (AvgIpc) is 3.87. The highest BCUT2D eigenvalue weighted by Crippen LogP contribution is 2.57. The van der Waals surface area contributed by atoms with Crippen molar-refractivity contribution in [2.24, 2.45) is 5.92 Å². The molecule has 0 radical (unpaired) electrons. The summed E-state index contributed by atoms with van der Waals surface area (Å²) in [6, 6.07) is 31.2. The standard InChI is InChI=1S/C49H42F3N7O5S/c1-27(2)37-13-17-42(29-6-4-7-30(19-29)49(50,51)52)56-43(37)18-28(3)24-53-31-8-5-9-34(20-31)59-26-33(57-58-59)25-54-47(65)55-32-10-14-39-38(21-32)46(62)64-48(39)40-15-11-35(60)22-44(40)63-45-23-36(61)12-16-41(45)48/h4-17,19-23,26-28,53,60-61H,18,24-25H2,1-3H3,(H2,54,55,65). The van der Waals surface area contributed by atoms with Gasteiger partial charge in [0.25, 0.3) is 0 Å². The number of hydrogen-bond acceptors (Lipinski definition) is 10. The number of anilines is 2. The molecule has 5 N–H and O–H groups in total. The van der Waals surface area contributed by atoms with E-state index in [1.165, 1.54) is 30.3 Å². The van der Waals surface area contributed by atoms with Gasteiger partial charge in [-0.3, -0.25) is 4.98 Å². The first-order valence-electron chi connectivity index (χ1n) is 20.8. The fourth-order valence-electron chi connectivity index (χ4n) is 8.30. The number of phenolic OH excluding ortho intramolecular Hbond substituents is 2. The molecule has 9 rings (SSSR count). The Kier molecular flexibility index (Phi) is 11.1. The van der Waals surface area contributed by atoms with Gasteiger partial charge in [0.05, 0.1) is 35.2 Å². The number of benzene rings is 5. The Morgan fingerprint density at radius 2 is 1.57 bits per heavy atom. The van der Waals surface area contributed by atoms with Crippen LogP contribution in [0.2, 0.25) is 0 Å². The van der Waals surface area contributed by atoms with E-state index < -0.39 is 23.3 Å². The van der Waals surface area contributed by atoms with Crippen molar-refractivity contribution in [1.29, 1.82) is 0 Å². The molecule has 5 aromatic carbocycles. The number of aromatic nitrogens is 4. The Bertz CT molecular complexity index is 2940. The second kappa shape index (κ2) is 16.9. The minimum atomic E-state index is -4.44. The van der Waals surface area contributed by atoms with Crippen LogP contribution in [0.5, 0.6) is 23.0 Å². The van der Waals surface area contributed by atoms with Gasteiger partial charge in [0, 0.05) is 58.0 Å². The molecule has 0 fully saturated rings. The van der Waals surface area contributed by atoms with E-state index in [9.17, 15) is 28.2 Å². The summed E-state index contributed by atoms with van der Waals surface area (Å²) >= 11 is 5.61. The van der Waals surface area contributed by atoms with Gasteiger partial charge in [-0.2, -0.15) is 13.2 Å². The number of rotatable bonds is 11. The summed E-state index contributed by atoms with van der Waals surface area (Å²) in [6.07, 6.45) is -2.02. The number of ether oxygens (including phenoxy) is 2. The number of esters is 1. The lowest BCUT2D eigenvalue weighted by Gasteiger charge is -2.36. The summed E-state index contributed by atoms with van der Waals surface area (Å²) in [7, 11) is 0. The van der Waals surface area contributed by atoms with Gasteiger partial charge in [0.2, 0.25) is 0 Å². The molecule has 0 saturated carbocycles. The molecule has 0 bridgehead atoms. The Morgan fingerprint density at radius 1 is 0.846 bits per heavy atom. The number of nitrogens with zero attached hydrogens (tertiary/aromatic N) is 4. The van der Waals surface area contributed by atoms with Crippen molar-refractivity contribution >= 4 is 34.7 Å². The lowest BCUT2D eigenvalue weighted by molar-refractivity contribution is -0.137. The van der Waals surface area contributed by atoms with E-state index in [0.717, 1.165) is 34.8 Å². The maximum absolute atomic E-state index is 13.5. The Balaban J connectivity index is 0.826. The van der Waals surface area contributed by atoms with Crippen LogP contribution in [0, 0.1) is 5.92 Å². The van der Waals surface area contributed by atoms with E-state index in [4.69, 9.17) is 26.7 Å². The molecule has 4 heterocycles. The van der Waals surface area contributed by atoms with E-state index in [0.29, 0.717) is 69.4 Å². The van der Waals surface area contributed by atoms with Crippen LogP contribution in [-0.2, 0) is 29.5 Å². The van der Waals surface area contributed by atoms with Crippen molar-refractivity contribution < 1.29 is 37.7 Å². The van der Waals surface area contributed by atoms with E-state index in [1.54, 1.807) is 53.3 Å². The van der Waals surface area contributed by atoms with Gasteiger partial charge in [0.15, 0.2) is 10.7 Å². The highest BCUT2D eigenvalue weighted by atomic mass is 32.1. The second-order valence-electron chi connectivity index (χ2n) is 16.5. The summed E-state index contributed by atoms with van der Waals surface area (Å²) in [6.45, 7) is 7.14. The third-order valence-corrected chi connectivity index (χ3v) is 11.7. The number of alkyl halides is 3. The molecular weight excluding hydrogens is 856 g/mol. The third kappa shape index (κ3) is 8.52. The molecule has 0 saturated heterocycles. The summed E-state index contributed by atoms with van der Waals surface area (Å²) in [5.41, 5.74) is 5.53. The van der Waals surface area contributed by atoms with Gasteiger partial charge in [-0.15, -0.1) is 5.10 Å². The number of pyridine rings is 1. The molecule has 0 amide bonds.